The van der Waals surface area contributed by atoms with E-state index in [4.69, 9.17) is 4.74 Å². The van der Waals surface area contributed by atoms with Gasteiger partial charge in [-0.1, -0.05) is 12.1 Å². The van der Waals surface area contributed by atoms with Gasteiger partial charge in [-0.2, -0.15) is 5.10 Å². The highest BCUT2D eigenvalue weighted by atomic mass is 127. The number of benzene rings is 1. The molecule has 24 heavy (non-hydrogen) atoms. The van der Waals surface area contributed by atoms with E-state index in [-0.39, 0.29) is 24.0 Å². The van der Waals surface area contributed by atoms with Crippen LogP contribution in [0.2, 0.25) is 0 Å². The lowest BCUT2D eigenvalue weighted by Crippen LogP contribution is -2.39. The van der Waals surface area contributed by atoms with E-state index in [2.05, 4.69) is 32.4 Å². The number of aliphatic imine (C=N–C) groups is 1. The Labute approximate surface area is 160 Å². The van der Waals surface area contributed by atoms with Gasteiger partial charge in [0.25, 0.3) is 0 Å². The maximum Gasteiger partial charge on any atom is 0.193 e. The lowest BCUT2D eigenvalue weighted by molar-refractivity contribution is 0.340. The van der Waals surface area contributed by atoms with E-state index >= 15 is 0 Å². The van der Waals surface area contributed by atoms with E-state index in [9.17, 15) is 0 Å². The van der Waals surface area contributed by atoms with E-state index in [0.717, 1.165) is 31.3 Å². The summed E-state index contributed by atoms with van der Waals surface area (Å²) in [6.07, 6.45) is 3.74. The van der Waals surface area contributed by atoms with Crippen LogP contribution >= 0.6 is 24.0 Å². The Morgan fingerprint density at radius 2 is 2.08 bits per heavy atom. The summed E-state index contributed by atoms with van der Waals surface area (Å²) in [6, 6.07) is 10.1. The minimum Gasteiger partial charge on any atom is -0.494 e. The standard InChI is InChI=1S/C17H25N5O.HI/c1-4-23-16-8-6-15(7-9-16)14-21(3)17(18-2)19-11-13-22-12-5-10-20-22;/h5-10,12H,4,11,13-14H2,1-3H3,(H,18,19);1H. The number of guanidine groups is 1. The molecule has 0 atom stereocenters. The highest BCUT2D eigenvalue weighted by Crippen LogP contribution is 2.13. The average Bonchev–Trinajstić information content (AvgIpc) is 3.07. The Hall–Kier alpha value is -1.77. The van der Waals surface area contributed by atoms with Gasteiger partial charge < -0.3 is 15.0 Å². The molecule has 2 rings (SSSR count). The zero-order valence-corrected chi connectivity index (χ0v) is 16.8. The number of hydrogen-bond acceptors (Lipinski definition) is 3. The van der Waals surface area contributed by atoms with Crippen LogP contribution in [0, 0.1) is 0 Å². The number of ether oxygens (including phenoxy) is 1. The van der Waals surface area contributed by atoms with Gasteiger partial charge >= 0.3 is 0 Å². The quantitative estimate of drug-likeness (QED) is 0.406. The molecular weight excluding hydrogens is 417 g/mol. The molecule has 0 aliphatic carbocycles. The van der Waals surface area contributed by atoms with Crippen molar-refractivity contribution in [3.63, 3.8) is 0 Å². The number of aromatic nitrogens is 2. The van der Waals surface area contributed by atoms with Crippen molar-refractivity contribution >= 4 is 29.9 Å². The second kappa shape index (κ2) is 10.9. The summed E-state index contributed by atoms with van der Waals surface area (Å²) in [5, 5.41) is 7.54. The predicted octanol–water partition coefficient (Wildman–Crippen LogP) is 2.61. The summed E-state index contributed by atoms with van der Waals surface area (Å²) < 4.78 is 7.36. The van der Waals surface area contributed by atoms with Crippen molar-refractivity contribution in [2.45, 2.75) is 20.0 Å². The highest BCUT2D eigenvalue weighted by Gasteiger charge is 2.06. The largest absolute Gasteiger partial charge is 0.494 e. The number of halogens is 1. The molecule has 132 valence electrons. The summed E-state index contributed by atoms with van der Waals surface area (Å²) >= 11 is 0. The Bertz CT molecular complexity index is 598. The van der Waals surface area contributed by atoms with Crippen molar-refractivity contribution in [2.75, 3.05) is 27.2 Å². The molecule has 0 saturated heterocycles. The third kappa shape index (κ3) is 6.38. The molecule has 0 bridgehead atoms. The van der Waals surface area contributed by atoms with Crippen molar-refractivity contribution < 1.29 is 4.74 Å². The van der Waals surface area contributed by atoms with Gasteiger partial charge in [-0.15, -0.1) is 24.0 Å². The van der Waals surface area contributed by atoms with Gasteiger partial charge in [0.05, 0.1) is 13.2 Å². The van der Waals surface area contributed by atoms with Crippen LogP contribution in [0.25, 0.3) is 0 Å². The zero-order chi connectivity index (χ0) is 16.5. The maximum atomic E-state index is 5.47. The van der Waals surface area contributed by atoms with Gasteiger partial charge in [0.1, 0.15) is 5.75 Å². The molecule has 2 aromatic rings. The SMILES string of the molecule is CCOc1ccc(CN(C)C(=NC)NCCn2cccn2)cc1.I. The summed E-state index contributed by atoms with van der Waals surface area (Å²) in [5.41, 5.74) is 1.21. The fourth-order valence-electron chi connectivity index (χ4n) is 2.31. The molecule has 1 N–H and O–H groups in total. The van der Waals surface area contributed by atoms with Crippen LogP contribution < -0.4 is 10.1 Å². The van der Waals surface area contributed by atoms with Crippen molar-refractivity contribution in [1.82, 2.24) is 20.0 Å². The molecule has 0 amide bonds. The van der Waals surface area contributed by atoms with Crippen LogP contribution in [0.15, 0.2) is 47.7 Å². The summed E-state index contributed by atoms with van der Waals surface area (Å²) in [5.74, 6) is 1.77. The molecule has 0 spiro atoms. The summed E-state index contributed by atoms with van der Waals surface area (Å²) in [6.45, 7) is 5.05. The monoisotopic (exact) mass is 443 g/mol. The van der Waals surface area contributed by atoms with Crippen LogP contribution in [-0.4, -0.2) is 47.9 Å². The molecule has 1 heterocycles. The average molecular weight is 443 g/mol. The van der Waals surface area contributed by atoms with Gasteiger partial charge in [0.15, 0.2) is 5.96 Å². The number of hydrogen-bond donors (Lipinski definition) is 1. The minimum atomic E-state index is 0. The van der Waals surface area contributed by atoms with E-state index in [1.807, 2.05) is 43.0 Å². The lowest BCUT2D eigenvalue weighted by Gasteiger charge is -2.22. The van der Waals surface area contributed by atoms with Crippen molar-refractivity contribution in [2.24, 2.45) is 4.99 Å². The molecule has 0 aliphatic rings. The number of rotatable bonds is 7. The predicted molar refractivity (Wildman–Crippen MR) is 108 cm³/mol. The first-order valence-electron chi connectivity index (χ1n) is 7.84. The van der Waals surface area contributed by atoms with Crippen molar-refractivity contribution in [3.05, 3.63) is 48.3 Å². The third-order valence-electron chi connectivity index (χ3n) is 3.41. The highest BCUT2D eigenvalue weighted by molar-refractivity contribution is 14.0. The molecule has 7 heteroatoms. The molecule has 1 aromatic carbocycles. The number of nitrogens with zero attached hydrogens (tertiary/aromatic N) is 4. The second-order valence-corrected chi connectivity index (χ2v) is 5.18. The van der Waals surface area contributed by atoms with E-state index in [1.165, 1.54) is 5.56 Å². The maximum absolute atomic E-state index is 5.47. The summed E-state index contributed by atoms with van der Waals surface area (Å²) in [4.78, 5) is 6.42. The molecule has 0 unspecified atom stereocenters. The first-order valence-corrected chi connectivity index (χ1v) is 7.84. The Kier molecular flexibility index (Phi) is 9.21. The lowest BCUT2D eigenvalue weighted by atomic mass is 10.2. The Morgan fingerprint density at radius 3 is 2.67 bits per heavy atom. The summed E-state index contributed by atoms with van der Waals surface area (Å²) in [7, 11) is 3.82. The minimum absolute atomic E-state index is 0. The Morgan fingerprint density at radius 1 is 1.33 bits per heavy atom. The third-order valence-corrected chi connectivity index (χ3v) is 3.41. The second-order valence-electron chi connectivity index (χ2n) is 5.18. The van der Waals surface area contributed by atoms with Crippen LogP contribution in [0.4, 0.5) is 0 Å². The van der Waals surface area contributed by atoms with Crippen molar-refractivity contribution in [3.8, 4) is 5.75 Å². The Balaban J connectivity index is 0.00000288. The fraction of sp³-hybridized carbons (Fsp3) is 0.412. The molecule has 0 aliphatic heterocycles. The van der Waals surface area contributed by atoms with Crippen LogP contribution in [-0.2, 0) is 13.1 Å². The van der Waals surface area contributed by atoms with Gasteiger partial charge in [0, 0.05) is 39.6 Å². The van der Waals surface area contributed by atoms with Gasteiger partial charge in [-0.3, -0.25) is 9.67 Å². The van der Waals surface area contributed by atoms with Crippen LogP contribution in [0.1, 0.15) is 12.5 Å². The zero-order valence-electron chi connectivity index (χ0n) is 14.5. The fourth-order valence-corrected chi connectivity index (χ4v) is 2.31. The topological polar surface area (TPSA) is 54.7 Å². The van der Waals surface area contributed by atoms with Crippen molar-refractivity contribution in [1.29, 1.82) is 0 Å². The molecular formula is C17H26IN5O. The molecule has 1 aromatic heterocycles. The normalized spacial score (nSPS) is 10.9. The first kappa shape index (κ1) is 20.3. The van der Waals surface area contributed by atoms with E-state index in [1.54, 1.807) is 13.2 Å². The number of nitrogens with one attached hydrogen (secondary N) is 1. The smallest absolute Gasteiger partial charge is 0.193 e. The van der Waals surface area contributed by atoms with Gasteiger partial charge in [-0.25, -0.2) is 0 Å². The van der Waals surface area contributed by atoms with Crippen LogP contribution in [0.5, 0.6) is 5.75 Å². The van der Waals surface area contributed by atoms with Gasteiger partial charge in [0.2, 0.25) is 0 Å². The first-order chi connectivity index (χ1) is 11.2. The molecule has 0 fully saturated rings. The van der Waals surface area contributed by atoms with E-state index in [0.29, 0.717) is 6.61 Å². The molecule has 0 saturated carbocycles. The van der Waals surface area contributed by atoms with E-state index < -0.39 is 0 Å². The van der Waals surface area contributed by atoms with Crippen LogP contribution in [0.3, 0.4) is 0 Å². The molecule has 6 nitrogen and oxygen atoms in total. The molecule has 0 radical (unpaired) electrons. The van der Waals surface area contributed by atoms with Gasteiger partial charge in [-0.05, 0) is 30.7 Å².